The predicted molar refractivity (Wildman–Crippen MR) is 164 cm³/mol. The van der Waals surface area contributed by atoms with Gasteiger partial charge in [-0.1, -0.05) is 24.3 Å². The van der Waals surface area contributed by atoms with E-state index < -0.39 is 5.97 Å². The summed E-state index contributed by atoms with van der Waals surface area (Å²) < 4.78 is 18.3. The highest BCUT2D eigenvalue weighted by atomic mass is 19.1. The molecular weight excluding hydrogens is 545 g/mol. The second kappa shape index (κ2) is 10.9. The molecule has 0 amide bonds. The lowest BCUT2D eigenvalue weighted by atomic mass is 9.91. The molecule has 3 aromatic carbocycles. The Labute approximate surface area is 246 Å². The molecule has 0 spiro atoms. The molecule has 1 aliphatic carbocycles. The summed E-state index contributed by atoms with van der Waals surface area (Å²) in [5, 5.41) is 19.5. The Balaban J connectivity index is 1.14. The lowest BCUT2D eigenvalue weighted by molar-refractivity contribution is 0.0697. The fraction of sp³-hybridized carbons (Fsp3) is 0.212. The van der Waals surface area contributed by atoms with E-state index in [2.05, 4.69) is 21.4 Å². The zero-order valence-electron chi connectivity index (χ0n) is 23.3. The molecule has 10 heteroatoms. The van der Waals surface area contributed by atoms with Gasteiger partial charge in [0.15, 0.2) is 5.65 Å². The molecule has 4 N–H and O–H groups in total. The first-order valence-corrected chi connectivity index (χ1v) is 14.4. The highest BCUT2D eigenvalue weighted by Crippen LogP contribution is 2.37. The fourth-order valence-corrected chi connectivity index (χ4v) is 6.16. The van der Waals surface area contributed by atoms with Gasteiger partial charge in [0.2, 0.25) is 0 Å². The molecular formula is C33H30FN7O2. The SMILES string of the molecule is Nc1ncnc2c1c(-c1ccc3c(ccn3Cc3ccccc3F)c1)nn2C1CCC(Nc2ccc(C(=O)O)cc2)CC1. The van der Waals surface area contributed by atoms with Crippen LogP contribution in [0.3, 0.4) is 0 Å². The summed E-state index contributed by atoms with van der Waals surface area (Å²) in [4.78, 5) is 20.0. The molecule has 0 saturated heterocycles. The minimum atomic E-state index is -0.930. The number of anilines is 2. The van der Waals surface area contributed by atoms with Crippen molar-refractivity contribution in [3.8, 4) is 11.3 Å². The first-order valence-electron chi connectivity index (χ1n) is 14.4. The van der Waals surface area contributed by atoms with Gasteiger partial charge < -0.3 is 20.7 Å². The van der Waals surface area contributed by atoms with Gasteiger partial charge in [-0.25, -0.2) is 23.8 Å². The number of aromatic nitrogens is 5. The van der Waals surface area contributed by atoms with Gasteiger partial charge in [0.05, 0.1) is 23.5 Å². The Morgan fingerprint density at radius 3 is 2.56 bits per heavy atom. The normalized spacial score (nSPS) is 17.0. The Bertz CT molecular complexity index is 1960. The molecule has 1 fully saturated rings. The van der Waals surface area contributed by atoms with Crippen molar-refractivity contribution < 1.29 is 14.3 Å². The van der Waals surface area contributed by atoms with Crippen LogP contribution in [0, 0.1) is 5.82 Å². The summed E-state index contributed by atoms with van der Waals surface area (Å²) >= 11 is 0. The smallest absolute Gasteiger partial charge is 0.335 e. The number of hydrogen-bond acceptors (Lipinski definition) is 6. The Hall–Kier alpha value is -5.25. The number of carboxylic acid groups (broad SMARTS) is 1. The van der Waals surface area contributed by atoms with Gasteiger partial charge in [-0.2, -0.15) is 5.10 Å². The van der Waals surface area contributed by atoms with Crippen LogP contribution in [0.15, 0.2) is 85.3 Å². The van der Waals surface area contributed by atoms with Gasteiger partial charge in [0.1, 0.15) is 23.7 Å². The minimum absolute atomic E-state index is 0.156. The van der Waals surface area contributed by atoms with Gasteiger partial charge in [0, 0.05) is 40.0 Å². The number of carbonyl (C=O) groups is 1. The maximum Gasteiger partial charge on any atom is 0.335 e. The predicted octanol–water partition coefficient (Wildman–Crippen LogP) is 6.51. The van der Waals surface area contributed by atoms with Crippen LogP contribution in [0.25, 0.3) is 33.2 Å². The Morgan fingerprint density at radius 2 is 1.79 bits per heavy atom. The number of rotatable bonds is 7. The molecule has 6 aromatic rings. The van der Waals surface area contributed by atoms with Gasteiger partial charge in [-0.3, -0.25) is 0 Å². The van der Waals surface area contributed by atoms with E-state index in [9.17, 15) is 9.18 Å². The second-order valence-corrected chi connectivity index (χ2v) is 11.1. The number of aromatic carboxylic acids is 1. The van der Waals surface area contributed by atoms with Crippen LogP contribution in [-0.4, -0.2) is 41.4 Å². The Morgan fingerprint density at radius 1 is 1.00 bits per heavy atom. The summed E-state index contributed by atoms with van der Waals surface area (Å²) in [5.41, 5.74) is 11.6. The maximum atomic E-state index is 14.3. The third-order valence-corrected chi connectivity index (χ3v) is 8.41. The van der Waals surface area contributed by atoms with Crippen molar-refractivity contribution in [3.63, 3.8) is 0 Å². The molecule has 0 aliphatic heterocycles. The van der Waals surface area contributed by atoms with Crippen molar-refractivity contribution >= 4 is 39.4 Å². The second-order valence-electron chi connectivity index (χ2n) is 11.1. The van der Waals surface area contributed by atoms with E-state index in [0.29, 0.717) is 17.9 Å². The zero-order chi connectivity index (χ0) is 29.5. The lowest BCUT2D eigenvalue weighted by Gasteiger charge is -2.30. The molecule has 3 heterocycles. The number of nitrogens with zero attached hydrogens (tertiary/aromatic N) is 5. The number of nitrogen functional groups attached to an aromatic ring is 1. The van der Waals surface area contributed by atoms with Crippen LogP contribution >= 0.6 is 0 Å². The van der Waals surface area contributed by atoms with Crippen LogP contribution in [0.5, 0.6) is 0 Å². The minimum Gasteiger partial charge on any atom is -0.478 e. The van der Waals surface area contributed by atoms with Crippen LogP contribution in [-0.2, 0) is 6.54 Å². The van der Waals surface area contributed by atoms with Crippen LogP contribution in [0.4, 0.5) is 15.9 Å². The van der Waals surface area contributed by atoms with E-state index >= 15 is 0 Å². The molecule has 7 rings (SSSR count). The van der Waals surface area contributed by atoms with Crippen LogP contribution < -0.4 is 11.1 Å². The molecule has 9 nitrogen and oxygen atoms in total. The van der Waals surface area contributed by atoms with E-state index in [4.69, 9.17) is 15.9 Å². The Kier molecular flexibility index (Phi) is 6.73. The third kappa shape index (κ3) is 5.05. The summed E-state index contributed by atoms with van der Waals surface area (Å²) in [6, 6.07) is 22.3. The van der Waals surface area contributed by atoms with Crippen molar-refractivity contribution in [1.82, 2.24) is 24.3 Å². The average molecular weight is 576 g/mol. The number of carboxylic acids is 1. The molecule has 0 unspecified atom stereocenters. The summed E-state index contributed by atoms with van der Waals surface area (Å²) in [6.45, 7) is 0.443. The highest BCUT2D eigenvalue weighted by Gasteiger charge is 2.27. The summed E-state index contributed by atoms with van der Waals surface area (Å²) in [6.07, 6.45) is 7.14. The van der Waals surface area contributed by atoms with E-state index in [1.165, 1.54) is 12.4 Å². The first-order chi connectivity index (χ1) is 20.9. The topological polar surface area (TPSA) is 124 Å². The molecule has 216 valence electrons. The molecule has 43 heavy (non-hydrogen) atoms. The third-order valence-electron chi connectivity index (χ3n) is 8.41. The summed E-state index contributed by atoms with van der Waals surface area (Å²) in [5.74, 6) is -0.753. The maximum absolute atomic E-state index is 14.3. The first kappa shape index (κ1) is 26.6. The standard InChI is InChI=1S/C33H30FN7O2/c34-27-4-2-1-3-23(27)18-40-16-15-21-17-22(7-14-28(21)40)30-29-31(35)36-19-37-32(29)41(39-30)26-12-10-25(11-13-26)38-24-8-5-20(6-9-24)33(42)43/h1-9,14-17,19,25-26,38H,10-13,18H2,(H,42,43)(H2,35,36,37). The molecule has 0 radical (unpaired) electrons. The van der Waals surface area contributed by atoms with E-state index in [1.807, 2.05) is 51.8 Å². The van der Waals surface area contributed by atoms with Gasteiger partial charge >= 0.3 is 5.97 Å². The number of hydrogen-bond donors (Lipinski definition) is 3. The highest BCUT2D eigenvalue weighted by molar-refractivity contribution is 6.00. The molecule has 1 saturated carbocycles. The van der Waals surface area contributed by atoms with Crippen molar-refractivity contribution in [1.29, 1.82) is 0 Å². The molecule has 0 atom stereocenters. The van der Waals surface area contributed by atoms with Crippen molar-refractivity contribution in [2.75, 3.05) is 11.1 Å². The zero-order valence-corrected chi connectivity index (χ0v) is 23.3. The number of nitrogens with one attached hydrogen (secondary N) is 1. The number of fused-ring (bicyclic) bond motifs is 2. The van der Waals surface area contributed by atoms with Crippen molar-refractivity contribution in [2.24, 2.45) is 0 Å². The lowest BCUT2D eigenvalue weighted by Crippen LogP contribution is -2.28. The van der Waals surface area contributed by atoms with E-state index in [1.54, 1.807) is 24.3 Å². The van der Waals surface area contributed by atoms with E-state index in [0.717, 1.165) is 64.6 Å². The van der Waals surface area contributed by atoms with Gasteiger partial charge in [0.25, 0.3) is 0 Å². The molecule has 1 aliphatic rings. The quantitative estimate of drug-likeness (QED) is 0.198. The van der Waals surface area contributed by atoms with Crippen molar-refractivity contribution in [3.05, 3.63) is 102 Å². The van der Waals surface area contributed by atoms with Crippen LogP contribution in [0.2, 0.25) is 0 Å². The van der Waals surface area contributed by atoms with Gasteiger partial charge in [-0.15, -0.1) is 0 Å². The fourth-order valence-electron chi connectivity index (χ4n) is 6.16. The summed E-state index contributed by atoms with van der Waals surface area (Å²) in [7, 11) is 0. The van der Waals surface area contributed by atoms with Gasteiger partial charge in [-0.05, 0) is 74.2 Å². The number of benzene rings is 3. The van der Waals surface area contributed by atoms with Crippen LogP contribution in [0.1, 0.15) is 47.6 Å². The monoisotopic (exact) mass is 575 g/mol. The largest absolute Gasteiger partial charge is 0.478 e. The van der Waals surface area contributed by atoms with E-state index in [-0.39, 0.29) is 23.5 Å². The average Bonchev–Trinajstić information content (AvgIpc) is 3.61. The molecule has 0 bridgehead atoms. The number of nitrogens with two attached hydrogens (primary N) is 1. The number of halogens is 1. The van der Waals surface area contributed by atoms with Crippen molar-refractivity contribution in [2.45, 2.75) is 44.3 Å². The molecule has 3 aromatic heterocycles.